The van der Waals surface area contributed by atoms with Gasteiger partial charge in [-0.15, -0.1) is 0 Å². The number of benzene rings is 3. The number of rotatable bonds is 9. The van der Waals surface area contributed by atoms with Gasteiger partial charge in [-0.1, -0.05) is 60.2 Å². The predicted molar refractivity (Wildman–Crippen MR) is 140 cm³/mol. The average molecular weight is 510 g/mol. The van der Waals surface area contributed by atoms with Gasteiger partial charge in [0.1, 0.15) is 17.9 Å². The number of esters is 1. The molecule has 1 saturated heterocycles. The van der Waals surface area contributed by atoms with Crippen molar-refractivity contribution in [2.45, 2.75) is 39.0 Å². The smallest absolute Gasteiger partial charge is 0.411 e. The van der Waals surface area contributed by atoms with Crippen molar-refractivity contribution in [3.63, 3.8) is 0 Å². The molecule has 0 aromatic heterocycles. The Labute approximate surface area is 221 Å². The molecule has 1 aliphatic rings. The molecule has 1 aliphatic heterocycles. The molecule has 4 rings (SSSR count). The Bertz CT molecular complexity index is 1410. The lowest BCUT2D eigenvalue weighted by atomic mass is 9.94. The largest absolute Gasteiger partial charge is 0.450 e. The van der Waals surface area contributed by atoms with Gasteiger partial charge in [-0.05, 0) is 48.2 Å². The van der Waals surface area contributed by atoms with Crippen LogP contribution in [0.3, 0.4) is 0 Å². The van der Waals surface area contributed by atoms with Gasteiger partial charge in [-0.25, -0.2) is 11.4 Å². The Morgan fingerprint density at radius 2 is 1.92 bits per heavy atom. The number of carbonyl (C=O) groups excluding carboxylic acids is 2. The molecule has 0 unspecified atom stereocenters. The van der Waals surface area contributed by atoms with E-state index < -0.39 is 12.1 Å². The molecule has 38 heavy (non-hydrogen) atoms. The molecule has 0 bridgehead atoms. The number of aryl methyl sites for hydroxylation is 1. The molecule has 0 aliphatic carbocycles. The van der Waals surface area contributed by atoms with Crippen LogP contribution in [-0.2, 0) is 27.2 Å². The van der Waals surface area contributed by atoms with Crippen molar-refractivity contribution in [1.29, 1.82) is 5.26 Å². The standard InChI is InChI=1S/C30H27N3O5/c1-20-9-11-25(26-16-22(17-28(34)36-14-13-31)10-12-27(26)37-19-32-3)24(15-20)18-33-21(2)29(38-30(33)35)23-7-5-4-6-8-23/h4-12,15-16,21,29H,14,17-19H2,1-2H3/t21-,29-/m0/s1. The maximum atomic E-state index is 12.9. The zero-order valence-corrected chi connectivity index (χ0v) is 21.2. The number of nitriles is 1. The van der Waals surface area contributed by atoms with E-state index in [2.05, 4.69) is 4.85 Å². The molecule has 0 saturated carbocycles. The molecule has 0 N–H and O–H groups in total. The molecule has 0 radical (unpaired) electrons. The summed E-state index contributed by atoms with van der Waals surface area (Å²) < 4.78 is 16.4. The van der Waals surface area contributed by atoms with E-state index in [0.717, 1.165) is 22.3 Å². The monoisotopic (exact) mass is 509 g/mol. The van der Waals surface area contributed by atoms with Crippen LogP contribution in [0.15, 0.2) is 66.7 Å². The third-order valence-electron chi connectivity index (χ3n) is 6.39. The first-order chi connectivity index (χ1) is 18.4. The first-order valence-corrected chi connectivity index (χ1v) is 12.1. The summed E-state index contributed by atoms with van der Waals surface area (Å²) in [7, 11) is 0. The molecular formula is C30H27N3O5. The van der Waals surface area contributed by atoms with Gasteiger partial charge in [-0.2, -0.15) is 5.26 Å². The second-order valence-corrected chi connectivity index (χ2v) is 9.00. The van der Waals surface area contributed by atoms with Crippen molar-refractivity contribution >= 4 is 12.1 Å². The fourth-order valence-corrected chi connectivity index (χ4v) is 4.56. The van der Waals surface area contributed by atoms with Gasteiger partial charge in [0.15, 0.2) is 6.61 Å². The van der Waals surface area contributed by atoms with E-state index in [1.807, 2.05) is 68.4 Å². The quantitative estimate of drug-likeness (QED) is 0.275. The fourth-order valence-electron chi connectivity index (χ4n) is 4.56. The first kappa shape index (κ1) is 26.2. The first-order valence-electron chi connectivity index (χ1n) is 12.1. The van der Waals surface area contributed by atoms with Gasteiger partial charge in [0.25, 0.3) is 0 Å². The minimum atomic E-state index is -0.517. The molecule has 192 valence electrons. The van der Waals surface area contributed by atoms with Gasteiger partial charge in [-0.3, -0.25) is 14.5 Å². The van der Waals surface area contributed by atoms with Crippen molar-refractivity contribution in [1.82, 2.24) is 4.90 Å². The number of nitrogens with zero attached hydrogens (tertiary/aromatic N) is 3. The summed E-state index contributed by atoms with van der Waals surface area (Å²) in [6.07, 6.45) is -0.790. The Morgan fingerprint density at radius 3 is 2.66 bits per heavy atom. The van der Waals surface area contributed by atoms with Crippen LogP contribution in [0.25, 0.3) is 16.0 Å². The summed E-state index contributed by atoms with van der Waals surface area (Å²) in [6.45, 7) is 10.9. The fraction of sp³-hybridized carbons (Fsp3) is 0.267. The van der Waals surface area contributed by atoms with Crippen LogP contribution in [0.4, 0.5) is 4.79 Å². The molecular weight excluding hydrogens is 482 g/mol. The van der Waals surface area contributed by atoms with Gasteiger partial charge in [0, 0.05) is 5.56 Å². The van der Waals surface area contributed by atoms with E-state index in [0.29, 0.717) is 23.4 Å². The van der Waals surface area contributed by atoms with E-state index in [4.69, 9.17) is 26.0 Å². The maximum absolute atomic E-state index is 12.9. The van der Waals surface area contributed by atoms with Gasteiger partial charge in [0.2, 0.25) is 0 Å². The minimum Gasteiger partial charge on any atom is -0.450 e. The molecule has 3 aromatic rings. The molecule has 1 amide bonds. The highest BCUT2D eigenvalue weighted by atomic mass is 16.6. The van der Waals surface area contributed by atoms with Crippen LogP contribution < -0.4 is 4.74 Å². The molecule has 8 nitrogen and oxygen atoms in total. The molecule has 1 fully saturated rings. The maximum Gasteiger partial charge on any atom is 0.411 e. The van der Waals surface area contributed by atoms with Crippen LogP contribution in [0.5, 0.6) is 5.75 Å². The topological polar surface area (TPSA) is 93.2 Å². The van der Waals surface area contributed by atoms with Crippen molar-refractivity contribution < 1.29 is 23.8 Å². The Balaban J connectivity index is 1.69. The van der Waals surface area contributed by atoms with Crippen molar-refractivity contribution in [2.24, 2.45) is 0 Å². The Hall–Kier alpha value is -4.82. The number of cyclic esters (lactones) is 1. The minimum absolute atomic E-state index is 0.0206. The van der Waals surface area contributed by atoms with E-state index in [-0.39, 0.29) is 31.9 Å². The normalized spacial score (nSPS) is 16.3. The van der Waals surface area contributed by atoms with E-state index in [1.54, 1.807) is 23.1 Å². The van der Waals surface area contributed by atoms with E-state index in [1.165, 1.54) is 0 Å². The van der Waals surface area contributed by atoms with Crippen LogP contribution in [0.2, 0.25) is 0 Å². The summed E-state index contributed by atoms with van der Waals surface area (Å²) >= 11 is 0. The third-order valence-corrected chi connectivity index (χ3v) is 6.39. The lowest BCUT2D eigenvalue weighted by Gasteiger charge is -2.23. The van der Waals surface area contributed by atoms with Gasteiger partial charge < -0.3 is 14.2 Å². The summed E-state index contributed by atoms with van der Waals surface area (Å²) in [5.41, 5.74) is 5.00. The average Bonchev–Trinajstić information content (AvgIpc) is 3.20. The molecule has 0 spiro atoms. The summed E-state index contributed by atoms with van der Waals surface area (Å²) in [6, 6.07) is 22.4. The Morgan fingerprint density at radius 1 is 1.13 bits per heavy atom. The highest BCUT2D eigenvalue weighted by Crippen LogP contribution is 2.38. The van der Waals surface area contributed by atoms with E-state index in [9.17, 15) is 9.59 Å². The highest BCUT2D eigenvalue weighted by molar-refractivity contribution is 5.78. The van der Waals surface area contributed by atoms with Crippen LogP contribution >= 0.6 is 0 Å². The van der Waals surface area contributed by atoms with Crippen molar-refractivity contribution in [2.75, 3.05) is 13.3 Å². The Kier molecular flexibility index (Phi) is 8.25. The van der Waals surface area contributed by atoms with Gasteiger partial charge >= 0.3 is 18.8 Å². The molecule has 2 atom stereocenters. The zero-order chi connectivity index (χ0) is 27.1. The van der Waals surface area contributed by atoms with Gasteiger partial charge in [0.05, 0.1) is 19.0 Å². The number of carbonyl (C=O) groups is 2. The highest BCUT2D eigenvalue weighted by Gasteiger charge is 2.39. The summed E-state index contributed by atoms with van der Waals surface area (Å²) in [5, 5.41) is 8.68. The number of amides is 1. The zero-order valence-electron chi connectivity index (χ0n) is 21.2. The van der Waals surface area contributed by atoms with Crippen LogP contribution in [0.1, 0.15) is 35.3 Å². The van der Waals surface area contributed by atoms with Crippen LogP contribution in [0, 0.1) is 24.8 Å². The summed E-state index contributed by atoms with van der Waals surface area (Å²) in [4.78, 5) is 30.1. The number of hydrogen-bond donors (Lipinski definition) is 0. The van der Waals surface area contributed by atoms with Crippen molar-refractivity contribution in [3.05, 3.63) is 100 Å². The lowest BCUT2D eigenvalue weighted by molar-refractivity contribution is -0.141. The van der Waals surface area contributed by atoms with Crippen LogP contribution in [-0.4, -0.2) is 36.3 Å². The molecule has 1 heterocycles. The number of hydrogen-bond acceptors (Lipinski definition) is 6. The second-order valence-electron chi connectivity index (χ2n) is 9.00. The lowest BCUT2D eigenvalue weighted by Crippen LogP contribution is -2.31. The number of ether oxygens (including phenoxy) is 3. The van der Waals surface area contributed by atoms with Crippen molar-refractivity contribution in [3.8, 4) is 22.9 Å². The SMILES string of the molecule is [C-]#[N+]COc1ccc(CC(=O)OCC#N)cc1-c1ccc(C)cc1CN1C(=O)O[C@H](c2ccccc2)[C@@H]1C. The second kappa shape index (κ2) is 11.9. The molecule has 3 aromatic carbocycles. The van der Waals surface area contributed by atoms with E-state index >= 15 is 0 Å². The predicted octanol–water partition coefficient (Wildman–Crippen LogP) is 5.61. The molecule has 8 heteroatoms. The summed E-state index contributed by atoms with van der Waals surface area (Å²) in [5.74, 6) is -0.0310. The third kappa shape index (κ3) is 5.93.